The molecular formula is C18H15ClN2O3. The number of halogens is 1. The molecule has 2 aromatic rings. The largest absolute Gasteiger partial charge is 0.503 e. The van der Waals surface area contributed by atoms with Crippen LogP contribution in [0.5, 0.6) is 11.5 Å². The summed E-state index contributed by atoms with van der Waals surface area (Å²) < 4.78 is 5.00. The van der Waals surface area contributed by atoms with Crippen LogP contribution in [0.2, 0.25) is 5.02 Å². The van der Waals surface area contributed by atoms with E-state index in [9.17, 15) is 15.2 Å². The van der Waals surface area contributed by atoms with Crippen molar-refractivity contribution in [3.63, 3.8) is 0 Å². The summed E-state index contributed by atoms with van der Waals surface area (Å²) in [6, 6.07) is 14.2. The SMILES string of the molecule is COc1cc(/C=C(\C#N)C(=O)NCc2ccccc2)cc(Cl)c1O. The summed E-state index contributed by atoms with van der Waals surface area (Å²) in [5.41, 5.74) is 1.33. The molecule has 0 spiro atoms. The number of methoxy groups -OCH3 is 1. The van der Waals surface area contributed by atoms with Gasteiger partial charge in [-0.05, 0) is 29.3 Å². The van der Waals surface area contributed by atoms with Crippen LogP contribution in [0.3, 0.4) is 0 Å². The van der Waals surface area contributed by atoms with E-state index in [1.807, 2.05) is 36.4 Å². The van der Waals surface area contributed by atoms with E-state index >= 15 is 0 Å². The zero-order chi connectivity index (χ0) is 17.5. The maximum absolute atomic E-state index is 12.1. The summed E-state index contributed by atoms with van der Waals surface area (Å²) in [6.07, 6.45) is 1.38. The van der Waals surface area contributed by atoms with Gasteiger partial charge in [-0.1, -0.05) is 41.9 Å². The Balaban J connectivity index is 2.18. The molecule has 1 amide bonds. The zero-order valence-corrected chi connectivity index (χ0v) is 13.7. The van der Waals surface area contributed by atoms with Crippen molar-refractivity contribution in [2.75, 3.05) is 7.11 Å². The van der Waals surface area contributed by atoms with Gasteiger partial charge in [0.15, 0.2) is 11.5 Å². The van der Waals surface area contributed by atoms with Gasteiger partial charge in [-0.25, -0.2) is 0 Å². The first-order valence-electron chi connectivity index (χ1n) is 7.05. The number of phenols is 1. The molecule has 0 aliphatic rings. The fourth-order valence-electron chi connectivity index (χ4n) is 2.02. The molecule has 2 N–H and O–H groups in total. The van der Waals surface area contributed by atoms with E-state index in [2.05, 4.69) is 5.32 Å². The quantitative estimate of drug-likeness (QED) is 0.645. The van der Waals surface area contributed by atoms with Crippen LogP contribution in [0.25, 0.3) is 6.08 Å². The Morgan fingerprint density at radius 2 is 2.08 bits per heavy atom. The lowest BCUT2D eigenvalue weighted by Gasteiger charge is -2.07. The maximum atomic E-state index is 12.1. The van der Waals surface area contributed by atoms with E-state index in [4.69, 9.17) is 16.3 Å². The highest BCUT2D eigenvalue weighted by molar-refractivity contribution is 6.32. The molecule has 0 heterocycles. The topological polar surface area (TPSA) is 82.3 Å². The summed E-state index contributed by atoms with van der Waals surface area (Å²) in [4.78, 5) is 12.1. The number of hydrogen-bond donors (Lipinski definition) is 2. The van der Waals surface area contributed by atoms with E-state index in [1.54, 1.807) is 0 Å². The molecule has 24 heavy (non-hydrogen) atoms. The van der Waals surface area contributed by atoms with E-state index in [1.165, 1.54) is 25.3 Å². The molecule has 0 atom stereocenters. The molecule has 0 saturated carbocycles. The van der Waals surface area contributed by atoms with Crippen LogP contribution < -0.4 is 10.1 Å². The molecule has 2 aromatic carbocycles. The van der Waals surface area contributed by atoms with Crippen molar-refractivity contribution in [1.29, 1.82) is 5.26 Å². The lowest BCUT2D eigenvalue weighted by Crippen LogP contribution is -2.23. The fourth-order valence-corrected chi connectivity index (χ4v) is 2.24. The van der Waals surface area contributed by atoms with Gasteiger partial charge in [0.25, 0.3) is 5.91 Å². The molecule has 0 fully saturated rings. The van der Waals surface area contributed by atoms with E-state index in [0.717, 1.165) is 5.56 Å². The summed E-state index contributed by atoms with van der Waals surface area (Å²) in [6.45, 7) is 0.318. The monoisotopic (exact) mass is 342 g/mol. The molecule has 122 valence electrons. The first-order chi connectivity index (χ1) is 11.5. The molecule has 2 rings (SSSR count). The third-order valence-corrected chi connectivity index (χ3v) is 3.53. The van der Waals surface area contributed by atoms with Crippen molar-refractivity contribution in [3.8, 4) is 17.6 Å². The van der Waals surface area contributed by atoms with Crippen molar-refractivity contribution in [2.45, 2.75) is 6.54 Å². The maximum Gasteiger partial charge on any atom is 0.262 e. The fraction of sp³-hybridized carbons (Fsp3) is 0.111. The molecule has 0 aliphatic carbocycles. The predicted octanol–water partition coefficient (Wildman–Crippen LogP) is 3.28. The number of nitrogens with one attached hydrogen (secondary N) is 1. The molecule has 0 bridgehead atoms. The number of aromatic hydroxyl groups is 1. The Kier molecular flexibility index (Phi) is 5.83. The second kappa shape index (κ2) is 8.04. The number of rotatable bonds is 5. The van der Waals surface area contributed by atoms with Gasteiger partial charge >= 0.3 is 0 Å². The van der Waals surface area contributed by atoms with Crippen LogP contribution in [0.1, 0.15) is 11.1 Å². The van der Waals surface area contributed by atoms with Gasteiger partial charge < -0.3 is 15.2 Å². The molecule has 5 nitrogen and oxygen atoms in total. The third kappa shape index (κ3) is 4.28. The van der Waals surface area contributed by atoms with Gasteiger partial charge in [-0.15, -0.1) is 0 Å². The number of amides is 1. The van der Waals surface area contributed by atoms with Crippen LogP contribution in [-0.2, 0) is 11.3 Å². The highest BCUT2D eigenvalue weighted by atomic mass is 35.5. The number of nitrogens with zero attached hydrogens (tertiary/aromatic N) is 1. The average Bonchev–Trinajstić information content (AvgIpc) is 2.61. The van der Waals surface area contributed by atoms with Crippen LogP contribution in [0.4, 0.5) is 0 Å². The number of benzene rings is 2. The van der Waals surface area contributed by atoms with Crippen molar-refractivity contribution < 1.29 is 14.6 Å². The Labute approximate surface area is 144 Å². The minimum absolute atomic E-state index is 0.0718. The Bertz CT molecular complexity index is 811. The molecule has 0 unspecified atom stereocenters. The molecule has 0 aliphatic heterocycles. The second-order valence-corrected chi connectivity index (χ2v) is 5.30. The van der Waals surface area contributed by atoms with Crippen molar-refractivity contribution in [3.05, 3.63) is 64.2 Å². The van der Waals surface area contributed by atoms with Gasteiger partial charge in [0.05, 0.1) is 12.1 Å². The Morgan fingerprint density at radius 1 is 1.38 bits per heavy atom. The van der Waals surface area contributed by atoms with E-state index in [-0.39, 0.29) is 22.1 Å². The van der Waals surface area contributed by atoms with Crippen molar-refractivity contribution >= 4 is 23.6 Å². The van der Waals surface area contributed by atoms with Crippen LogP contribution in [0, 0.1) is 11.3 Å². The average molecular weight is 343 g/mol. The van der Waals surface area contributed by atoms with E-state index < -0.39 is 5.91 Å². The van der Waals surface area contributed by atoms with Crippen molar-refractivity contribution in [1.82, 2.24) is 5.32 Å². The van der Waals surface area contributed by atoms with Gasteiger partial charge in [-0.2, -0.15) is 5.26 Å². The number of ether oxygens (including phenoxy) is 1. The van der Waals surface area contributed by atoms with Crippen LogP contribution in [0.15, 0.2) is 48.0 Å². The smallest absolute Gasteiger partial charge is 0.262 e. The molecule has 6 heteroatoms. The van der Waals surface area contributed by atoms with Gasteiger partial charge in [0, 0.05) is 6.54 Å². The Morgan fingerprint density at radius 3 is 2.71 bits per heavy atom. The highest BCUT2D eigenvalue weighted by Crippen LogP contribution is 2.35. The molecular weight excluding hydrogens is 328 g/mol. The molecule has 0 saturated heterocycles. The number of carbonyl (C=O) groups excluding carboxylic acids is 1. The van der Waals surface area contributed by atoms with Crippen LogP contribution >= 0.6 is 11.6 Å². The standard InChI is InChI=1S/C18H15ClN2O3/c1-24-16-9-13(8-15(19)17(16)22)7-14(10-20)18(23)21-11-12-5-3-2-4-6-12/h2-9,22H,11H2,1H3,(H,21,23)/b14-7+. The van der Waals surface area contributed by atoms with Gasteiger partial charge in [0.2, 0.25) is 0 Å². The minimum Gasteiger partial charge on any atom is -0.503 e. The molecule has 0 aromatic heterocycles. The predicted molar refractivity (Wildman–Crippen MR) is 91.5 cm³/mol. The minimum atomic E-state index is -0.496. The lowest BCUT2D eigenvalue weighted by molar-refractivity contribution is -0.117. The highest BCUT2D eigenvalue weighted by Gasteiger charge is 2.12. The Hall–Kier alpha value is -2.97. The summed E-state index contributed by atoms with van der Waals surface area (Å²) >= 11 is 5.90. The summed E-state index contributed by atoms with van der Waals surface area (Å²) in [5, 5.41) is 21.7. The van der Waals surface area contributed by atoms with Crippen molar-refractivity contribution in [2.24, 2.45) is 0 Å². The molecule has 0 radical (unpaired) electrons. The lowest BCUT2D eigenvalue weighted by atomic mass is 10.1. The zero-order valence-electron chi connectivity index (χ0n) is 12.9. The van der Waals surface area contributed by atoms with E-state index in [0.29, 0.717) is 12.1 Å². The number of nitriles is 1. The van der Waals surface area contributed by atoms with Gasteiger partial charge in [0.1, 0.15) is 11.6 Å². The first kappa shape index (κ1) is 17.4. The number of carbonyl (C=O) groups is 1. The number of phenolic OH excluding ortho intramolecular Hbond substituents is 1. The first-order valence-corrected chi connectivity index (χ1v) is 7.43. The summed E-state index contributed by atoms with van der Waals surface area (Å²) in [7, 11) is 1.39. The third-order valence-electron chi connectivity index (χ3n) is 3.24. The van der Waals surface area contributed by atoms with Crippen LogP contribution in [-0.4, -0.2) is 18.1 Å². The summed E-state index contributed by atoms with van der Waals surface area (Å²) in [5.74, 6) is -0.524. The normalized spacial score (nSPS) is 10.8. The van der Waals surface area contributed by atoms with Gasteiger partial charge in [-0.3, -0.25) is 4.79 Å². The second-order valence-electron chi connectivity index (χ2n) is 4.89. The number of hydrogen-bond acceptors (Lipinski definition) is 4.